The number of carbonyl (C=O) groups excluding carboxylic acids is 1. The summed E-state index contributed by atoms with van der Waals surface area (Å²) in [5.74, 6) is 0.612. The zero-order chi connectivity index (χ0) is 15.7. The number of hydrogen-bond donors (Lipinski definition) is 1. The number of rotatable bonds is 3. The summed E-state index contributed by atoms with van der Waals surface area (Å²) in [7, 11) is 1.87. The van der Waals surface area contributed by atoms with E-state index in [1.54, 1.807) is 11.8 Å². The predicted molar refractivity (Wildman–Crippen MR) is 89.4 cm³/mol. The van der Waals surface area contributed by atoms with E-state index in [-0.39, 0.29) is 5.91 Å². The molecule has 1 N–H and O–H groups in total. The Kier molecular flexibility index (Phi) is 4.25. The van der Waals surface area contributed by atoms with E-state index in [9.17, 15) is 4.79 Å². The number of piperidine rings is 1. The van der Waals surface area contributed by atoms with E-state index >= 15 is 0 Å². The number of hydrogen-bond acceptors (Lipinski definition) is 3. The van der Waals surface area contributed by atoms with E-state index in [4.69, 9.17) is 11.6 Å². The van der Waals surface area contributed by atoms with Gasteiger partial charge in [-0.3, -0.25) is 9.89 Å². The van der Waals surface area contributed by atoms with Gasteiger partial charge in [-0.25, -0.2) is 0 Å². The summed E-state index contributed by atoms with van der Waals surface area (Å²) >= 11 is 6.23. The van der Waals surface area contributed by atoms with Crippen molar-refractivity contribution in [2.45, 2.75) is 19.8 Å². The lowest BCUT2D eigenvalue weighted by atomic mass is 9.96. The van der Waals surface area contributed by atoms with Crippen LogP contribution in [0.4, 0.5) is 5.69 Å². The van der Waals surface area contributed by atoms with Gasteiger partial charge in [-0.1, -0.05) is 11.6 Å². The summed E-state index contributed by atoms with van der Waals surface area (Å²) in [6, 6.07) is 3.91. The molecule has 1 saturated heterocycles. The minimum atomic E-state index is 0.122. The molecule has 3 rings (SSSR count). The summed E-state index contributed by atoms with van der Waals surface area (Å²) in [6.45, 7) is 4.38. The smallest absolute Gasteiger partial charge is 0.219 e. The Hall–Kier alpha value is -1.75. The van der Waals surface area contributed by atoms with Crippen molar-refractivity contribution in [3.05, 3.63) is 23.4 Å². The maximum Gasteiger partial charge on any atom is 0.219 e. The third-order valence-electron chi connectivity index (χ3n) is 4.43. The molecule has 118 valence electrons. The summed E-state index contributed by atoms with van der Waals surface area (Å²) in [5.41, 5.74) is 2.09. The monoisotopic (exact) mass is 320 g/mol. The Morgan fingerprint density at radius 1 is 1.55 bits per heavy atom. The van der Waals surface area contributed by atoms with Crippen molar-refractivity contribution in [2.75, 3.05) is 31.6 Å². The van der Waals surface area contributed by atoms with Crippen LogP contribution in [0.2, 0.25) is 5.02 Å². The first kappa shape index (κ1) is 15.2. The lowest BCUT2D eigenvalue weighted by Crippen LogP contribution is -2.41. The van der Waals surface area contributed by atoms with Gasteiger partial charge >= 0.3 is 0 Å². The third kappa shape index (κ3) is 3.04. The van der Waals surface area contributed by atoms with Gasteiger partial charge in [-0.15, -0.1) is 0 Å². The molecule has 0 spiro atoms. The standard InChI is InChI=1S/C16H21ClN4O/c1-11(22)20(2)9-12-4-3-5-21(10-12)16-7-13(17)6-15-14(16)8-18-19-15/h6-8,12H,3-5,9-10H2,1-2H3,(H,18,19). The van der Waals surface area contributed by atoms with Gasteiger partial charge in [0, 0.05) is 49.7 Å². The van der Waals surface area contributed by atoms with Crippen LogP contribution < -0.4 is 4.90 Å². The molecule has 2 heterocycles. The molecule has 1 amide bonds. The molecule has 1 fully saturated rings. The molecule has 1 aromatic carbocycles. The average Bonchev–Trinajstić information content (AvgIpc) is 2.94. The third-order valence-corrected chi connectivity index (χ3v) is 4.65. The number of halogens is 1. The first-order chi connectivity index (χ1) is 10.5. The highest BCUT2D eigenvalue weighted by Crippen LogP contribution is 2.32. The summed E-state index contributed by atoms with van der Waals surface area (Å²) in [6.07, 6.45) is 4.14. The zero-order valence-corrected chi connectivity index (χ0v) is 13.7. The van der Waals surface area contributed by atoms with E-state index in [1.807, 2.05) is 25.4 Å². The quantitative estimate of drug-likeness (QED) is 0.946. The van der Waals surface area contributed by atoms with Gasteiger partial charge in [0.2, 0.25) is 5.91 Å². The normalized spacial score (nSPS) is 18.7. The van der Waals surface area contributed by atoms with E-state index in [0.717, 1.165) is 54.1 Å². The molecule has 1 atom stereocenters. The van der Waals surface area contributed by atoms with Gasteiger partial charge in [-0.2, -0.15) is 5.10 Å². The number of amides is 1. The predicted octanol–water partition coefficient (Wildman–Crippen LogP) is 2.91. The van der Waals surface area contributed by atoms with Crippen molar-refractivity contribution < 1.29 is 4.79 Å². The molecular weight excluding hydrogens is 300 g/mol. The summed E-state index contributed by atoms with van der Waals surface area (Å²) < 4.78 is 0. The van der Waals surface area contributed by atoms with Gasteiger partial charge in [-0.05, 0) is 30.9 Å². The highest BCUT2D eigenvalue weighted by Gasteiger charge is 2.23. The molecule has 2 aromatic rings. The molecule has 1 aromatic heterocycles. The van der Waals surface area contributed by atoms with E-state index < -0.39 is 0 Å². The Balaban J connectivity index is 1.81. The number of aromatic amines is 1. The lowest BCUT2D eigenvalue weighted by Gasteiger charge is -2.36. The Labute approximate surface area is 135 Å². The second-order valence-corrected chi connectivity index (χ2v) is 6.55. The second kappa shape index (κ2) is 6.16. The minimum Gasteiger partial charge on any atom is -0.371 e. The summed E-state index contributed by atoms with van der Waals surface area (Å²) in [4.78, 5) is 15.6. The van der Waals surface area contributed by atoms with Crippen LogP contribution in [0.1, 0.15) is 19.8 Å². The topological polar surface area (TPSA) is 52.2 Å². The molecule has 0 radical (unpaired) electrons. The SMILES string of the molecule is CC(=O)N(C)CC1CCCN(c2cc(Cl)cc3[nH]ncc23)C1. The molecule has 1 aliphatic heterocycles. The molecule has 0 aliphatic carbocycles. The van der Waals surface area contributed by atoms with E-state index in [0.29, 0.717) is 5.92 Å². The maximum absolute atomic E-state index is 11.4. The number of nitrogens with one attached hydrogen (secondary N) is 1. The Bertz CT molecular complexity index is 684. The molecule has 1 unspecified atom stereocenters. The van der Waals surface area contributed by atoms with Crippen LogP contribution >= 0.6 is 11.6 Å². The van der Waals surface area contributed by atoms with E-state index in [1.165, 1.54) is 0 Å². The van der Waals surface area contributed by atoms with Gasteiger partial charge in [0.05, 0.1) is 11.7 Å². The van der Waals surface area contributed by atoms with Gasteiger partial charge < -0.3 is 9.80 Å². The molecular formula is C16H21ClN4O. The Morgan fingerprint density at radius 3 is 3.14 bits per heavy atom. The van der Waals surface area contributed by atoms with Crippen molar-refractivity contribution in [2.24, 2.45) is 5.92 Å². The van der Waals surface area contributed by atoms with Gasteiger partial charge in [0.25, 0.3) is 0 Å². The number of fused-ring (bicyclic) bond motifs is 1. The number of nitrogens with zero attached hydrogens (tertiary/aromatic N) is 3. The highest BCUT2D eigenvalue weighted by molar-refractivity contribution is 6.31. The minimum absolute atomic E-state index is 0.122. The first-order valence-corrected chi connectivity index (χ1v) is 8.01. The molecule has 1 aliphatic rings. The Morgan fingerprint density at radius 2 is 2.36 bits per heavy atom. The molecule has 22 heavy (non-hydrogen) atoms. The number of anilines is 1. The summed E-state index contributed by atoms with van der Waals surface area (Å²) in [5, 5.41) is 8.93. The van der Waals surface area contributed by atoms with Crippen LogP contribution in [-0.2, 0) is 4.79 Å². The number of H-pyrrole nitrogens is 1. The van der Waals surface area contributed by atoms with Crippen molar-refractivity contribution >= 4 is 34.1 Å². The first-order valence-electron chi connectivity index (χ1n) is 7.64. The molecule has 6 heteroatoms. The highest BCUT2D eigenvalue weighted by atomic mass is 35.5. The van der Waals surface area contributed by atoms with Crippen LogP contribution in [0.3, 0.4) is 0 Å². The van der Waals surface area contributed by atoms with Crippen molar-refractivity contribution in [1.82, 2.24) is 15.1 Å². The van der Waals surface area contributed by atoms with Crippen molar-refractivity contribution in [1.29, 1.82) is 0 Å². The van der Waals surface area contributed by atoms with Crippen LogP contribution in [0.15, 0.2) is 18.3 Å². The molecule has 0 saturated carbocycles. The largest absolute Gasteiger partial charge is 0.371 e. The number of carbonyl (C=O) groups is 1. The van der Waals surface area contributed by atoms with Crippen LogP contribution in [0.5, 0.6) is 0 Å². The fourth-order valence-electron chi connectivity index (χ4n) is 3.21. The fourth-order valence-corrected chi connectivity index (χ4v) is 3.42. The van der Waals surface area contributed by atoms with Gasteiger partial charge in [0.1, 0.15) is 0 Å². The van der Waals surface area contributed by atoms with Crippen LogP contribution in [0, 0.1) is 5.92 Å². The van der Waals surface area contributed by atoms with Crippen LogP contribution in [0.25, 0.3) is 10.9 Å². The average molecular weight is 321 g/mol. The molecule has 5 nitrogen and oxygen atoms in total. The van der Waals surface area contributed by atoms with Crippen molar-refractivity contribution in [3.8, 4) is 0 Å². The van der Waals surface area contributed by atoms with Crippen LogP contribution in [-0.4, -0.2) is 47.7 Å². The number of aromatic nitrogens is 2. The van der Waals surface area contributed by atoms with Crippen molar-refractivity contribution in [3.63, 3.8) is 0 Å². The zero-order valence-electron chi connectivity index (χ0n) is 13.0. The second-order valence-electron chi connectivity index (χ2n) is 6.11. The van der Waals surface area contributed by atoms with Gasteiger partial charge in [0.15, 0.2) is 0 Å². The molecule has 0 bridgehead atoms. The lowest BCUT2D eigenvalue weighted by molar-refractivity contribution is -0.128. The fraction of sp³-hybridized carbons (Fsp3) is 0.500. The maximum atomic E-state index is 11.4. The van der Waals surface area contributed by atoms with E-state index in [2.05, 4.69) is 15.1 Å². The number of benzene rings is 1.